The molecular weight excluding hydrogens is 520 g/mol. The van der Waals surface area contributed by atoms with Gasteiger partial charge in [-0.2, -0.15) is 0 Å². The van der Waals surface area contributed by atoms with Crippen LogP contribution in [0.15, 0.2) is 30.5 Å². The Balaban J connectivity index is 1.28. The van der Waals surface area contributed by atoms with Gasteiger partial charge in [-0.15, -0.1) is 11.3 Å². The van der Waals surface area contributed by atoms with E-state index >= 15 is 0 Å². The topological polar surface area (TPSA) is 74.8 Å². The Morgan fingerprint density at radius 1 is 1.18 bits per heavy atom. The Hall–Kier alpha value is -2.68. The summed E-state index contributed by atoms with van der Waals surface area (Å²) in [6.45, 7) is 5.49. The van der Waals surface area contributed by atoms with Gasteiger partial charge in [-0.25, -0.2) is 9.69 Å². The summed E-state index contributed by atoms with van der Waals surface area (Å²) in [5, 5.41) is 4.60. The highest BCUT2D eigenvalue weighted by Crippen LogP contribution is 2.47. The van der Waals surface area contributed by atoms with Gasteiger partial charge >= 0.3 is 6.09 Å². The third-order valence-corrected chi connectivity index (χ3v) is 10.1. The lowest BCUT2D eigenvalue weighted by atomic mass is 9.75. The van der Waals surface area contributed by atoms with E-state index in [0.717, 1.165) is 57.2 Å². The number of cyclic esters (lactones) is 1. The van der Waals surface area contributed by atoms with E-state index in [0.29, 0.717) is 11.6 Å². The summed E-state index contributed by atoms with van der Waals surface area (Å²) < 4.78 is 6.32. The molecule has 3 aliphatic heterocycles. The monoisotopic (exact) mass is 550 g/mol. The lowest BCUT2D eigenvalue weighted by Crippen LogP contribution is -2.46. The minimum atomic E-state index is -1.13. The normalized spacial score (nSPS) is 23.7. The number of hydrogen-bond donors (Lipinski definition) is 1. The average molecular weight is 551 g/mol. The first-order valence-electron chi connectivity index (χ1n) is 13.5. The molecule has 1 aliphatic carbocycles. The number of amides is 2. The van der Waals surface area contributed by atoms with Crippen molar-refractivity contribution in [1.82, 2.24) is 15.2 Å². The number of rotatable bonds is 4. The first-order chi connectivity index (χ1) is 18.2. The number of thiophene rings is 1. The molecule has 1 saturated carbocycles. The number of halogens is 1. The molecule has 2 saturated heterocycles. The molecule has 1 N–H and O–H groups in total. The number of aryl methyl sites for hydroxylation is 1. The molecule has 9 heteroatoms. The summed E-state index contributed by atoms with van der Waals surface area (Å²) in [6, 6.07) is 8.75. The van der Waals surface area contributed by atoms with Crippen molar-refractivity contribution in [1.29, 1.82) is 0 Å². The van der Waals surface area contributed by atoms with Crippen molar-refractivity contribution in [3.63, 3.8) is 0 Å². The number of pyridine rings is 1. The fourth-order valence-corrected chi connectivity index (χ4v) is 8.11. The predicted molar refractivity (Wildman–Crippen MR) is 150 cm³/mol. The Kier molecular flexibility index (Phi) is 5.55. The van der Waals surface area contributed by atoms with Crippen molar-refractivity contribution in [2.24, 2.45) is 0 Å². The van der Waals surface area contributed by atoms with Gasteiger partial charge in [0.05, 0.1) is 16.8 Å². The highest BCUT2D eigenvalue weighted by atomic mass is 35.5. The predicted octanol–water partition coefficient (Wildman–Crippen LogP) is 5.91. The van der Waals surface area contributed by atoms with E-state index in [-0.39, 0.29) is 12.5 Å². The molecule has 7 rings (SSSR count). The third-order valence-electron chi connectivity index (χ3n) is 8.77. The number of fused-ring (bicyclic) bond motifs is 2. The van der Waals surface area contributed by atoms with Gasteiger partial charge in [-0.3, -0.25) is 9.78 Å². The Labute approximate surface area is 231 Å². The molecular formula is C29H31ClN4O3S. The van der Waals surface area contributed by atoms with E-state index in [1.165, 1.54) is 41.8 Å². The Bertz CT molecular complexity index is 1480. The van der Waals surface area contributed by atoms with Crippen molar-refractivity contribution >= 4 is 50.8 Å². The van der Waals surface area contributed by atoms with Crippen LogP contribution in [0.2, 0.25) is 5.02 Å². The largest absolute Gasteiger partial charge is 0.433 e. The maximum absolute atomic E-state index is 12.7. The van der Waals surface area contributed by atoms with Crippen LogP contribution in [0.5, 0.6) is 0 Å². The molecule has 4 aliphatic rings. The molecule has 198 valence electrons. The summed E-state index contributed by atoms with van der Waals surface area (Å²) in [5.74, 6) is -0.318. The zero-order valence-corrected chi connectivity index (χ0v) is 23.3. The molecule has 5 heterocycles. The van der Waals surface area contributed by atoms with Gasteiger partial charge in [0, 0.05) is 57.6 Å². The van der Waals surface area contributed by atoms with E-state index in [1.54, 1.807) is 25.2 Å². The lowest BCUT2D eigenvalue weighted by molar-refractivity contribution is -0.134. The standard InChI is InChI=1S/C29H31ClN4O3S/c1-28(2)26(35)34(27(36)37-28)16-20-13-23-25(38-20)21(6-9-31-23)22-12-18(30)11-17-5-3-10-33(24(17)22)19-14-29(32-15-19)7-4-8-29/h6,9,11-13,19,32H,3-5,7-8,10,14-16H2,1-2H3/t19-/m0/s1. The Morgan fingerprint density at radius 3 is 2.74 bits per heavy atom. The molecule has 3 fully saturated rings. The first kappa shape index (κ1) is 24.4. The van der Waals surface area contributed by atoms with E-state index in [1.807, 2.05) is 12.3 Å². The number of ether oxygens (including phenoxy) is 1. The summed E-state index contributed by atoms with van der Waals surface area (Å²) in [5.41, 5.74) is 4.90. The quantitative estimate of drug-likeness (QED) is 0.435. The fourth-order valence-electron chi connectivity index (χ4n) is 6.74. The second-order valence-corrected chi connectivity index (χ2v) is 13.3. The van der Waals surface area contributed by atoms with Crippen LogP contribution < -0.4 is 10.2 Å². The van der Waals surface area contributed by atoms with Crippen molar-refractivity contribution in [3.05, 3.63) is 45.9 Å². The van der Waals surface area contributed by atoms with Crippen LogP contribution in [0.3, 0.4) is 0 Å². The SMILES string of the molecule is CC1(C)OC(=O)N(Cc2cc3nccc(-c4cc(Cl)cc5c4N([C@@H]4CNC6(CCC6)C4)CCC5)c3s2)C1=O. The number of benzene rings is 1. The molecule has 0 unspecified atom stereocenters. The van der Waals surface area contributed by atoms with Crippen molar-refractivity contribution in [3.8, 4) is 11.1 Å². The summed E-state index contributed by atoms with van der Waals surface area (Å²) in [7, 11) is 0. The second-order valence-electron chi connectivity index (χ2n) is 11.7. The van der Waals surface area contributed by atoms with E-state index in [9.17, 15) is 9.59 Å². The third kappa shape index (κ3) is 3.83. The minimum absolute atomic E-state index is 0.178. The van der Waals surface area contributed by atoms with Gasteiger partial charge in [0.1, 0.15) is 0 Å². The van der Waals surface area contributed by atoms with E-state index in [4.69, 9.17) is 16.3 Å². The van der Waals surface area contributed by atoms with Gasteiger partial charge in [0.25, 0.3) is 5.91 Å². The number of nitrogens with one attached hydrogen (secondary N) is 1. The average Bonchev–Trinajstić information content (AvgIpc) is 3.54. The summed E-state index contributed by atoms with van der Waals surface area (Å²) in [4.78, 5) is 34.5. The number of nitrogens with zero attached hydrogens (tertiary/aromatic N) is 3. The molecule has 1 spiro atoms. The van der Waals surface area contributed by atoms with Gasteiger partial charge in [0.2, 0.25) is 0 Å². The molecule has 38 heavy (non-hydrogen) atoms. The number of aromatic nitrogens is 1. The number of anilines is 1. The second kappa shape index (κ2) is 8.66. The van der Waals surface area contributed by atoms with Gasteiger partial charge in [-0.1, -0.05) is 11.6 Å². The van der Waals surface area contributed by atoms with Crippen molar-refractivity contribution in [2.75, 3.05) is 18.0 Å². The van der Waals surface area contributed by atoms with Gasteiger partial charge in [-0.05, 0) is 82.2 Å². The number of carbonyl (C=O) groups is 2. The smallest absolute Gasteiger partial charge is 0.418 e. The number of imide groups is 1. The molecule has 1 aromatic carbocycles. The minimum Gasteiger partial charge on any atom is -0.433 e. The number of hydrogen-bond acceptors (Lipinski definition) is 7. The van der Waals surface area contributed by atoms with Crippen LogP contribution >= 0.6 is 22.9 Å². The first-order valence-corrected chi connectivity index (χ1v) is 14.7. The van der Waals surface area contributed by atoms with Crippen LogP contribution in [0.1, 0.15) is 56.4 Å². The zero-order valence-electron chi connectivity index (χ0n) is 21.7. The maximum atomic E-state index is 12.7. The van der Waals surface area contributed by atoms with Crippen LogP contribution in [0.25, 0.3) is 21.3 Å². The van der Waals surface area contributed by atoms with Crippen LogP contribution in [-0.4, -0.2) is 52.2 Å². The van der Waals surface area contributed by atoms with Crippen LogP contribution in [-0.2, 0) is 22.5 Å². The van der Waals surface area contributed by atoms with Gasteiger partial charge < -0.3 is 15.0 Å². The van der Waals surface area contributed by atoms with Crippen molar-refractivity contribution < 1.29 is 14.3 Å². The number of carbonyl (C=O) groups excluding carboxylic acids is 2. The summed E-state index contributed by atoms with van der Waals surface area (Å²) >= 11 is 8.28. The summed E-state index contributed by atoms with van der Waals surface area (Å²) in [6.07, 6.45) is 8.47. The molecule has 3 aromatic rings. The highest BCUT2D eigenvalue weighted by Gasteiger charge is 2.47. The molecule has 0 bridgehead atoms. The molecule has 2 amide bonds. The van der Waals surface area contributed by atoms with Crippen molar-refractivity contribution in [2.45, 2.75) is 76.1 Å². The lowest BCUT2D eigenvalue weighted by Gasteiger charge is -2.41. The fraction of sp³-hybridized carbons (Fsp3) is 0.483. The molecule has 2 aromatic heterocycles. The van der Waals surface area contributed by atoms with Gasteiger partial charge in [0.15, 0.2) is 5.60 Å². The van der Waals surface area contributed by atoms with E-state index < -0.39 is 11.7 Å². The maximum Gasteiger partial charge on any atom is 0.418 e. The molecule has 1 atom stereocenters. The van der Waals surface area contributed by atoms with E-state index in [2.05, 4.69) is 33.4 Å². The van der Waals surface area contributed by atoms with Crippen LogP contribution in [0.4, 0.5) is 10.5 Å². The Morgan fingerprint density at radius 2 is 2.03 bits per heavy atom. The molecule has 0 radical (unpaired) electrons. The zero-order chi connectivity index (χ0) is 26.2. The highest BCUT2D eigenvalue weighted by molar-refractivity contribution is 7.19. The molecule has 7 nitrogen and oxygen atoms in total. The van der Waals surface area contributed by atoms with Crippen LogP contribution in [0, 0.1) is 0 Å².